The molecule has 0 spiro atoms. The van der Waals surface area contributed by atoms with Gasteiger partial charge in [-0.2, -0.15) is 0 Å². The molecule has 136 valence electrons. The van der Waals surface area contributed by atoms with E-state index in [0.717, 1.165) is 12.3 Å². The molecule has 2 atom stereocenters. The zero-order valence-electron chi connectivity index (χ0n) is 15.9. The van der Waals surface area contributed by atoms with Gasteiger partial charge in [-0.25, -0.2) is 0 Å². The van der Waals surface area contributed by atoms with E-state index >= 15 is 0 Å². The first kappa shape index (κ1) is 21.6. The van der Waals surface area contributed by atoms with Crippen molar-refractivity contribution in [1.82, 2.24) is 0 Å². The lowest BCUT2D eigenvalue weighted by Crippen LogP contribution is -2.23. The molecule has 0 radical (unpaired) electrons. The molecule has 24 heavy (non-hydrogen) atoms. The van der Waals surface area contributed by atoms with Crippen LogP contribution in [-0.2, 0) is 5.41 Å². The first-order valence-electron chi connectivity index (χ1n) is 9.46. The van der Waals surface area contributed by atoms with Crippen molar-refractivity contribution in [2.75, 3.05) is 0 Å². The van der Waals surface area contributed by atoms with Crippen molar-refractivity contribution >= 4 is 23.2 Å². The van der Waals surface area contributed by atoms with Crippen molar-refractivity contribution in [3.63, 3.8) is 0 Å². The van der Waals surface area contributed by atoms with Crippen molar-refractivity contribution in [3.05, 3.63) is 46.0 Å². The molecule has 2 heteroatoms. The summed E-state index contributed by atoms with van der Waals surface area (Å²) in [5, 5.41) is 1.25. The summed E-state index contributed by atoms with van der Waals surface area (Å²) in [6, 6.07) is 6.00. The van der Waals surface area contributed by atoms with Gasteiger partial charge in [-0.1, -0.05) is 107 Å². The maximum absolute atomic E-state index is 6.23. The fraction of sp³-hybridized carbons (Fsp3) is 0.636. The molecule has 0 saturated heterocycles. The summed E-state index contributed by atoms with van der Waals surface area (Å²) < 4.78 is 0. The average Bonchev–Trinajstić information content (AvgIpc) is 2.55. The molecule has 0 amide bonds. The van der Waals surface area contributed by atoms with Crippen LogP contribution in [0.25, 0.3) is 0 Å². The van der Waals surface area contributed by atoms with Gasteiger partial charge in [-0.3, -0.25) is 0 Å². The van der Waals surface area contributed by atoms with Gasteiger partial charge in [0.1, 0.15) is 0 Å². The molecule has 0 aromatic heterocycles. The average molecular weight is 369 g/mol. The van der Waals surface area contributed by atoms with Crippen LogP contribution in [0.15, 0.2) is 30.4 Å². The van der Waals surface area contributed by atoms with E-state index in [9.17, 15) is 0 Å². The van der Waals surface area contributed by atoms with E-state index in [1.807, 2.05) is 12.1 Å². The summed E-state index contributed by atoms with van der Waals surface area (Å²) in [6.07, 6.45) is 10.4. The number of benzene rings is 1. The van der Waals surface area contributed by atoms with Crippen molar-refractivity contribution < 1.29 is 0 Å². The predicted octanol–water partition coefficient (Wildman–Crippen LogP) is 8.60. The summed E-state index contributed by atoms with van der Waals surface area (Å²) in [4.78, 5) is 0. The maximum Gasteiger partial charge on any atom is 0.0595 e. The number of hydrogen-bond acceptors (Lipinski definition) is 0. The largest absolute Gasteiger partial charge is 0.0993 e. The minimum Gasteiger partial charge on any atom is -0.0993 e. The van der Waals surface area contributed by atoms with E-state index < -0.39 is 0 Å². The SMILES string of the molecule is C=C(C)C(C)(CCCCCC(CC)CCC)c1ccc(Cl)c(Cl)c1. The number of rotatable bonds is 11. The van der Waals surface area contributed by atoms with Crippen molar-refractivity contribution in [3.8, 4) is 0 Å². The Labute approximate surface area is 159 Å². The lowest BCUT2D eigenvalue weighted by atomic mass is 9.73. The molecule has 1 aromatic rings. The van der Waals surface area contributed by atoms with Crippen LogP contribution in [0, 0.1) is 5.92 Å². The Morgan fingerprint density at radius 1 is 1.08 bits per heavy atom. The number of halogens is 2. The zero-order valence-corrected chi connectivity index (χ0v) is 17.4. The Hall–Kier alpha value is -0.460. The molecule has 0 aliphatic carbocycles. The fourth-order valence-corrected chi connectivity index (χ4v) is 3.79. The molecular weight excluding hydrogens is 335 g/mol. The first-order chi connectivity index (χ1) is 11.3. The van der Waals surface area contributed by atoms with Gasteiger partial charge in [0, 0.05) is 5.41 Å². The highest BCUT2D eigenvalue weighted by Gasteiger charge is 2.27. The molecule has 0 heterocycles. The van der Waals surface area contributed by atoms with Crippen LogP contribution in [0.1, 0.15) is 84.6 Å². The van der Waals surface area contributed by atoms with Crippen LogP contribution in [0.2, 0.25) is 10.0 Å². The third-order valence-corrected chi connectivity index (χ3v) is 6.30. The Bertz CT molecular complexity index is 521. The lowest BCUT2D eigenvalue weighted by molar-refractivity contribution is 0.398. The molecule has 0 aliphatic rings. The lowest BCUT2D eigenvalue weighted by Gasteiger charge is -2.31. The molecule has 0 N–H and O–H groups in total. The topological polar surface area (TPSA) is 0 Å². The third-order valence-electron chi connectivity index (χ3n) is 5.56. The van der Waals surface area contributed by atoms with Gasteiger partial charge in [0.2, 0.25) is 0 Å². The molecule has 1 rings (SSSR count). The fourth-order valence-electron chi connectivity index (χ4n) is 3.49. The van der Waals surface area contributed by atoms with Crippen LogP contribution < -0.4 is 0 Å². The smallest absolute Gasteiger partial charge is 0.0595 e. The van der Waals surface area contributed by atoms with Crippen LogP contribution in [0.4, 0.5) is 0 Å². The molecular formula is C22H34Cl2. The zero-order chi connectivity index (χ0) is 18.2. The highest BCUT2D eigenvalue weighted by Crippen LogP contribution is 2.38. The van der Waals surface area contributed by atoms with Gasteiger partial charge in [-0.15, -0.1) is 0 Å². The van der Waals surface area contributed by atoms with Crippen molar-refractivity contribution in [2.45, 2.75) is 84.5 Å². The quantitative estimate of drug-likeness (QED) is 0.270. The predicted molar refractivity (Wildman–Crippen MR) is 110 cm³/mol. The molecule has 2 unspecified atom stereocenters. The van der Waals surface area contributed by atoms with Gasteiger partial charge >= 0.3 is 0 Å². The molecule has 0 saturated carbocycles. The van der Waals surface area contributed by atoms with Gasteiger partial charge in [0.15, 0.2) is 0 Å². The van der Waals surface area contributed by atoms with Crippen LogP contribution >= 0.6 is 23.2 Å². The second-order valence-electron chi connectivity index (χ2n) is 7.40. The summed E-state index contributed by atoms with van der Waals surface area (Å²) in [6.45, 7) is 13.3. The van der Waals surface area contributed by atoms with E-state index in [1.165, 1.54) is 56.1 Å². The summed E-state index contributed by atoms with van der Waals surface area (Å²) in [7, 11) is 0. The normalized spacial score (nSPS) is 15.1. The first-order valence-corrected chi connectivity index (χ1v) is 10.2. The van der Waals surface area contributed by atoms with Crippen LogP contribution in [0.5, 0.6) is 0 Å². The minimum absolute atomic E-state index is 0.0260. The number of allylic oxidation sites excluding steroid dienone is 1. The van der Waals surface area contributed by atoms with Crippen LogP contribution in [-0.4, -0.2) is 0 Å². The summed E-state index contributed by atoms with van der Waals surface area (Å²) >= 11 is 12.3. The monoisotopic (exact) mass is 368 g/mol. The van der Waals surface area contributed by atoms with E-state index in [1.54, 1.807) is 0 Å². The van der Waals surface area contributed by atoms with Crippen molar-refractivity contribution in [1.29, 1.82) is 0 Å². The second kappa shape index (κ2) is 10.5. The molecule has 1 aromatic carbocycles. The molecule has 0 fully saturated rings. The number of hydrogen-bond donors (Lipinski definition) is 0. The molecule has 0 aliphatic heterocycles. The summed E-state index contributed by atoms with van der Waals surface area (Å²) in [5.74, 6) is 0.914. The van der Waals surface area contributed by atoms with Gasteiger partial charge < -0.3 is 0 Å². The van der Waals surface area contributed by atoms with E-state index in [-0.39, 0.29) is 5.41 Å². The Kier molecular flexibility index (Phi) is 9.45. The van der Waals surface area contributed by atoms with E-state index in [0.29, 0.717) is 10.0 Å². The van der Waals surface area contributed by atoms with Crippen LogP contribution in [0.3, 0.4) is 0 Å². The Morgan fingerprint density at radius 2 is 1.79 bits per heavy atom. The van der Waals surface area contributed by atoms with E-state index in [2.05, 4.69) is 40.3 Å². The third kappa shape index (κ3) is 6.12. The van der Waals surface area contributed by atoms with Gasteiger partial charge in [0.05, 0.1) is 10.0 Å². The number of unbranched alkanes of at least 4 members (excludes halogenated alkanes) is 2. The summed E-state index contributed by atoms with van der Waals surface area (Å²) in [5.41, 5.74) is 2.39. The van der Waals surface area contributed by atoms with E-state index in [4.69, 9.17) is 23.2 Å². The second-order valence-corrected chi connectivity index (χ2v) is 8.22. The molecule has 0 bridgehead atoms. The molecule has 0 nitrogen and oxygen atoms in total. The Balaban J connectivity index is 2.60. The van der Waals surface area contributed by atoms with Gasteiger partial charge in [0.25, 0.3) is 0 Å². The Morgan fingerprint density at radius 3 is 2.33 bits per heavy atom. The highest BCUT2D eigenvalue weighted by molar-refractivity contribution is 6.42. The minimum atomic E-state index is -0.0260. The highest BCUT2D eigenvalue weighted by atomic mass is 35.5. The van der Waals surface area contributed by atoms with Gasteiger partial charge in [-0.05, 0) is 37.0 Å². The maximum atomic E-state index is 6.23. The van der Waals surface area contributed by atoms with Crippen molar-refractivity contribution in [2.24, 2.45) is 5.92 Å². The standard InChI is InChI=1S/C22H34Cl2/c1-6-11-18(7-2)12-9-8-10-15-22(5,17(3)4)19-13-14-20(23)21(24)16-19/h13-14,16,18H,3,6-12,15H2,1-2,4-5H3.